The molecule has 102 valence electrons. The van der Waals surface area contributed by atoms with Gasteiger partial charge in [-0.3, -0.25) is 0 Å². The van der Waals surface area contributed by atoms with Crippen molar-refractivity contribution in [2.24, 2.45) is 0 Å². The van der Waals surface area contributed by atoms with Gasteiger partial charge in [-0.05, 0) is 25.0 Å². The summed E-state index contributed by atoms with van der Waals surface area (Å²) in [5.74, 6) is -0.169. The first-order valence-electron chi connectivity index (χ1n) is 6.31. The second-order valence-electron chi connectivity index (χ2n) is 4.31. The van der Waals surface area contributed by atoms with Crippen LogP contribution in [-0.4, -0.2) is 32.5 Å². The molecule has 1 aromatic carbocycles. The molecule has 0 saturated carbocycles. The molecule has 0 amide bonds. The van der Waals surface area contributed by atoms with Gasteiger partial charge in [0.1, 0.15) is 24.2 Å². The molecule has 1 aliphatic heterocycles. The number of hydrogen-bond acceptors (Lipinski definition) is 4. The van der Waals surface area contributed by atoms with Crippen molar-refractivity contribution in [2.75, 3.05) is 26.4 Å². The van der Waals surface area contributed by atoms with Gasteiger partial charge in [0, 0.05) is 12.7 Å². The van der Waals surface area contributed by atoms with E-state index in [9.17, 15) is 4.39 Å². The second-order valence-corrected chi connectivity index (χ2v) is 4.31. The van der Waals surface area contributed by atoms with Crippen molar-refractivity contribution < 1.29 is 18.6 Å². The maximum Gasteiger partial charge on any atom is 0.144 e. The van der Waals surface area contributed by atoms with E-state index in [4.69, 9.17) is 19.5 Å². The van der Waals surface area contributed by atoms with Crippen molar-refractivity contribution >= 4 is 0 Å². The average Bonchev–Trinajstić information content (AvgIpc) is 2.92. The van der Waals surface area contributed by atoms with E-state index in [1.807, 2.05) is 0 Å². The summed E-state index contributed by atoms with van der Waals surface area (Å²) in [6.45, 7) is 2.17. The summed E-state index contributed by atoms with van der Waals surface area (Å²) in [5.41, 5.74) is 0.0157. The molecule has 4 nitrogen and oxygen atoms in total. The number of benzene rings is 1. The highest BCUT2D eigenvalue weighted by molar-refractivity contribution is 5.36. The molecule has 0 N–H and O–H groups in total. The van der Waals surface area contributed by atoms with Crippen molar-refractivity contribution in [3.8, 4) is 11.8 Å². The predicted molar refractivity (Wildman–Crippen MR) is 66.4 cm³/mol. The maximum atomic E-state index is 13.3. The first-order valence-corrected chi connectivity index (χ1v) is 6.31. The maximum absolute atomic E-state index is 13.3. The minimum atomic E-state index is -0.569. The van der Waals surface area contributed by atoms with Gasteiger partial charge in [0.15, 0.2) is 0 Å². The molecule has 1 atom stereocenters. The van der Waals surface area contributed by atoms with Crippen LogP contribution in [0.1, 0.15) is 18.4 Å². The molecule has 1 heterocycles. The van der Waals surface area contributed by atoms with E-state index in [-0.39, 0.29) is 11.7 Å². The molecule has 2 rings (SSSR count). The van der Waals surface area contributed by atoms with Gasteiger partial charge in [0.05, 0.1) is 24.9 Å². The molecule has 0 unspecified atom stereocenters. The number of ether oxygens (including phenoxy) is 3. The molecular formula is C14H16FNO3. The van der Waals surface area contributed by atoms with Crippen LogP contribution in [0, 0.1) is 17.1 Å². The van der Waals surface area contributed by atoms with Gasteiger partial charge in [0.2, 0.25) is 0 Å². The third-order valence-corrected chi connectivity index (χ3v) is 2.89. The molecule has 1 fully saturated rings. The Labute approximate surface area is 111 Å². The molecule has 0 radical (unpaired) electrons. The fraction of sp³-hybridized carbons (Fsp3) is 0.500. The van der Waals surface area contributed by atoms with Gasteiger partial charge < -0.3 is 14.2 Å². The third kappa shape index (κ3) is 4.19. The van der Waals surface area contributed by atoms with E-state index in [0.29, 0.717) is 25.6 Å². The van der Waals surface area contributed by atoms with Gasteiger partial charge in [-0.2, -0.15) is 5.26 Å². The summed E-state index contributed by atoms with van der Waals surface area (Å²) >= 11 is 0. The molecule has 0 aromatic heterocycles. The quantitative estimate of drug-likeness (QED) is 0.740. The van der Waals surface area contributed by atoms with E-state index in [0.717, 1.165) is 19.4 Å². The van der Waals surface area contributed by atoms with E-state index in [2.05, 4.69) is 0 Å². The van der Waals surface area contributed by atoms with Crippen LogP contribution in [-0.2, 0) is 9.47 Å². The summed E-state index contributed by atoms with van der Waals surface area (Å²) in [6, 6.07) is 5.94. The van der Waals surface area contributed by atoms with Gasteiger partial charge in [-0.25, -0.2) is 4.39 Å². The molecular weight excluding hydrogens is 249 g/mol. The van der Waals surface area contributed by atoms with Crippen molar-refractivity contribution in [1.29, 1.82) is 5.26 Å². The Kier molecular flexibility index (Phi) is 5.13. The fourth-order valence-electron chi connectivity index (χ4n) is 1.89. The lowest BCUT2D eigenvalue weighted by atomic mass is 10.2. The smallest absolute Gasteiger partial charge is 0.144 e. The van der Waals surface area contributed by atoms with E-state index >= 15 is 0 Å². The minimum Gasteiger partial charge on any atom is -0.491 e. The largest absolute Gasteiger partial charge is 0.491 e. The highest BCUT2D eigenvalue weighted by Crippen LogP contribution is 2.16. The highest BCUT2D eigenvalue weighted by atomic mass is 19.1. The molecule has 0 spiro atoms. The first-order chi connectivity index (χ1) is 9.29. The van der Waals surface area contributed by atoms with Crippen LogP contribution in [0.25, 0.3) is 0 Å². The molecule has 1 aliphatic rings. The average molecular weight is 265 g/mol. The number of halogens is 1. The number of nitrogens with zero attached hydrogens (tertiary/aromatic N) is 1. The Bertz CT molecular complexity index is 452. The summed E-state index contributed by atoms with van der Waals surface area (Å²) in [7, 11) is 0. The zero-order valence-electron chi connectivity index (χ0n) is 10.6. The zero-order chi connectivity index (χ0) is 13.5. The highest BCUT2D eigenvalue weighted by Gasteiger charge is 2.14. The lowest BCUT2D eigenvalue weighted by Gasteiger charge is -2.11. The third-order valence-electron chi connectivity index (χ3n) is 2.89. The zero-order valence-corrected chi connectivity index (χ0v) is 10.6. The fourth-order valence-corrected chi connectivity index (χ4v) is 1.89. The molecule has 5 heteroatoms. The molecule has 19 heavy (non-hydrogen) atoms. The minimum absolute atomic E-state index is 0.0157. The van der Waals surface area contributed by atoms with Gasteiger partial charge in [0.25, 0.3) is 0 Å². The van der Waals surface area contributed by atoms with E-state index in [1.165, 1.54) is 12.1 Å². The van der Waals surface area contributed by atoms with Gasteiger partial charge in [-0.1, -0.05) is 0 Å². The van der Waals surface area contributed by atoms with Gasteiger partial charge in [-0.15, -0.1) is 0 Å². The number of hydrogen-bond donors (Lipinski definition) is 0. The molecule has 1 saturated heterocycles. The molecule has 0 bridgehead atoms. The van der Waals surface area contributed by atoms with Crippen molar-refractivity contribution in [1.82, 2.24) is 0 Å². The van der Waals surface area contributed by atoms with Gasteiger partial charge >= 0.3 is 0 Å². The van der Waals surface area contributed by atoms with Crippen LogP contribution < -0.4 is 4.74 Å². The Morgan fingerprint density at radius 2 is 2.32 bits per heavy atom. The van der Waals surface area contributed by atoms with Crippen LogP contribution >= 0.6 is 0 Å². The van der Waals surface area contributed by atoms with Crippen molar-refractivity contribution in [2.45, 2.75) is 18.9 Å². The molecule has 1 aromatic rings. The Balaban J connectivity index is 1.65. The van der Waals surface area contributed by atoms with Crippen molar-refractivity contribution in [3.05, 3.63) is 29.6 Å². The molecule has 0 aliphatic carbocycles. The number of rotatable bonds is 6. The van der Waals surface area contributed by atoms with Crippen LogP contribution in [0.2, 0.25) is 0 Å². The Hall–Kier alpha value is -1.64. The number of nitriles is 1. The predicted octanol–water partition coefficient (Wildman–Crippen LogP) is 2.27. The topological polar surface area (TPSA) is 51.5 Å². The monoisotopic (exact) mass is 265 g/mol. The van der Waals surface area contributed by atoms with E-state index in [1.54, 1.807) is 12.1 Å². The van der Waals surface area contributed by atoms with Crippen LogP contribution in [0.4, 0.5) is 4.39 Å². The Morgan fingerprint density at radius 3 is 3.00 bits per heavy atom. The van der Waals surface area contributed by atoms with Crippen LogP contribution in [0.5, 0.6) is 5.75 Å². The standard InChI is InChI=1S/C14H16FNO3/c15-14-8-12(4-3-11(14)9-16)19-7-6-17-10-13-2-1-5-18-13/h3-4,8,13H,1-2,5-7,10H2/t13-/m1/s1. The second kappa shape index (κ2) is 7.07. The Morgan fingerprint density at radius 1 is 1.42 bits per heavy atom. The van der Waals surface area contributed by atoms with Crippen LogP contribution in [0.15, 0.2) is 18.2 Å². The first kappa shape index (κ1) is 13.8. The normalized spacial score (nSPS) is 18.2. The van der Waals surface area contributed by atoms with Crippen LogP contribution in [0.3, 0.4) is 0 Å². The summed E-state index contributed by atoms with van der Waals surface area (Å²) in [4.78, 5) is 0. The SMILES string of the molecule is N#Cc1ccc(OCCOC[C@H]2CCCO2)cc1F. The van der Waals surface area contributed by atoms with Crippen molar-refractivity contribution in [3.63, 3.8) is 0 Å². The lowest BCUT2D eigenvalue weighted by molar-refractivity contribution is 0.00851. The summed E-state index contributed by atoms with van der Waals surface area (Å²) < 4.78 is 29.4. The summed E-state index contributed by atoms with van der Waals surface area (Å²) in [6.07, 6.45) is 2.34. The van der Waals surface area contributed by atoms with E-state index < -0.39 is 5.82 Å². The lowest BCUT2D eigenvalue weighted by Crippen LogP contribution is -2.17. The summed E-state index contributed by atoms with van der Waals surface area (Å²) in [5, 5.41) is 8.60.